The number of amidine groups is 1. The van der Waals surface area contributed by atoms with Crippen LogP contribution in [-0.4, -0.2) is 43.7 Å². The van der Waals surface area contributed by atoms with Crippen LogP contribution in [0.15, 0.2) is 62.9 Å². The van der Waals surface area contributed by atoms with Crippen LogP contribution < -0.4 is 0 Å². The van der Waals surface area contributed by atoms with Crippen LogP contribution in [0.3, 0.4) is 0 Å². The molecule has 0 radical (unpaired) electrons. The monoisotopic (exact) mass is 363 g/mol. The zero-order chi connectivity index (χ0) is 17.2. The van der Waals surface area contributed by atoms with Crippen molar-refractivity contribution in [1.82, 2.24) is 5.01 Å². The van der Waals surface area contributed by atoms with Crippen LogP contribution in [0.5, 0.6) is 0 Å². The number of rotatable bonds is 4. The Morgan fingerprint density at radius 1 is 1.21 bits per heavy atom. The molecule has 0 saturated heterocycles. The lowest BCUT2D eigenvalue weighted by Gasteiger charge is -2.17. The largest absolute Gasteiger partial charge is 0.394 e. The number of hydrazone groups is 1. The second-order valence-corrected chi connectivity index (χ2v) is 7.04. The molecule has 0 aromatic heterocycles. The van der Waals surface area contributed by atoms with Crippen molar-refractivity contribution >= 4 is 33.7 Å². The molecule has 24 heavy (non-hydrogen) atoms. The molecule has 0 atom stereocenters. The summed E-state index contributed by atoms with van der Waals surface area (Å²) >= 11 is 5.93. The first kappa shape index (κ1) is 16.6. The van der Waals surface area contributed by atoms with Gasteiger partial charge in [-0.3, -0.25) is 0 Å². The van der Waals surface area contributed by atoms with Gasteiger partial charge in [0.2, 0.25) is 0 Å². The van der Waals surface area contributed by atoms with Crippen LogP contribution in [0.2, 0.25) is 5.02 Å². The topological polar surface area (TPSA) is 82.3 Å². The molecule has 8 heteroatoms. The normalized spacial score (nSPS) is 15.3. The van der Waals surface area contributed by atoms with E-state index in [2.05, 4.69) is 9.50 Å². The maximum atomic E-state index is 12.1. The zero-order valence-electron chi connectivity index (χ0n) is 12.5. The van der Waals surface area contributed by atoms with Gasteiger partial charge < -0.3 is 5.11 Å². The standard InChI is InChI=1S/C16H14ClN3O3S/c17-13-5-3-4-12(10-13)11-18-20(8-9-21)16-14-6-1-2-7-15(14)24(22,23)19-16/h1-7,10-11,21H,8-9H2. The second-order valence-electron chi connectivity index (χ2n) is 5.03. The molecule has 2 aromatic rings. The van der Waals surface area contributed by atoms with Gasteiger partial charge in [0, 0.05) is 10.6 Å². The van der Waals surface area contributed by atoms with Gasteiger partial charge in [-0.25, -0.2) is 5.01 Å². The van der Waals surface area contributed by atoms with Crippen molar-refractivity contribution in [2.45, 2.75) is 4.90 Å². The summed E-state index contributed by atoms with van der Waals surface area (Å²) in [7, 11) is -3.74. The minimum absolute atomic E-state index is 0.111. The predicted octanol–water partition coefficient (Wildman–Crippen LogP) is 2.12. The molecule has 1 aliphatic rings. The quantitative estimate of drug-likeness (QED) is 0.666. The summed E-state index contributed by atoms with van der Waals surface area (Å²) < 4.78 is 28.1. The molecule has 2 aromatic carbocycles. The number of aliphatic hydroxyl groups excluding tert-OH is 1. The lowest BCUT2D eigenvalue weighted by molar-refractivity contribution is 0.254. The maximum absolute atomic E-state index is 12.1. The van der Waals surface area contributed by atoms with Crippen molar-refractivity contribution < 1.29 is 13.5 Å². The summed E-state index contributed by atoms with van der Waals surface area (Å²) in [4.78, 5) is 0.140. The highest BCUT2D eigenvalue weighted by molar-refractivity contribution is 7.90. The summed E-state index contributed by atoms with van der Waals surface area (Å²) in [5.74, 6) is 0.193. The summed E-state index contributed by atoms with van der Waals surface area (Å²) in [6.07, 6.45) is 1.54. The number of halogens is 1. The number of nitrogens with zero attached hydrogens (tertiary/aromatic N) is 3. The molecule has 0 bridgehead atoms. The molecule has 0 saturated carbocycles. The van der Waals surface area contributed by atoms with Crippen LogP contribution in [0.1, 0.15) is 11.1 Å². The van der Waals surface area contributed by atoms with E-state index in [1.165, 1.54) is 17.3 Å². The van der Waals surface area contributed by atoms with Gasteiger partial charge in [0.25, 0.3) is 10.0 Å². The first-order valence-electron chi connectivity index (χ1n) is 7.13. The summed E-state index contributed by atoms with van der Waals surface area (Å²) in [5, 5.41) is 15.5. The fourth-order valence-electron chi connectivity index (χ4n) is 2.31. The SMILES string of the molecule is O=S1(=O)N=C(N(CCO)N=Cc2cccc(Cl)c2)c2ccccc21. The van der Waals surface area contributed by atoms with E-state index in [4.69, 9.17) is 11.6 Å². The van der Waals surface area contributed by atoms with Gasteiger partial charge in [0.05, 0.1) is 19.4 Å². The highest BCUT2D eigenvalue weighted by Gasteiger charge is 2.31. The van der Waals surface area contributed by atoms with E-state index in [1.807, 2.05) is 6.07 Å². The predicted molar refractivity (Wildman–Crippen MR) is 93.0 cm³/mol. The molecule has 124 valence electrons. The molecule has 1 heterocycles. The molecule has 0 amide bonds. The molecule has 3 rings (SSSR count). The number of sulfonamides is 1. The summed E-state index contributed by atoms with van der Waals surface area (Å²) in [5.41, 5.74) is 1.22. The van der Waals surface area contributed by atoms with Crippen molar-refractivity contribution in [3.8, 4) is 0 Å². The average Bonchev–Trinajstić information content (AvgIpc) is 2.83. The van der Waals surface area contributed by atoms with E-state index in [9.17, 15) is 13.5 Å². The van der Waals surface area contributed by atoms with E-state index in [0.717, 1.165) is 5.56 Å². The van der Waals surface area contributed by atoms with Crippen LogP contribution in [0.4, 0.5) is 0 Å². The van der Waals surface area contributed by atoms with Crippen molar-refractivity contribution in [3.05, 3.63) is 64.7 Å². The van der Waals surface area contributed by atoms with Crippen LogP contribution >= 0.6 is 11.6 Å². The van der Waals surface area contributed by atoms with Gasteiger partial charge in [0.1, 0.15) is 4.90 Å². The van der Waals surface area contributed by atoms with Crippen molar-refractivity contribution in [2.24, 2.45) is 9.50 Å². The van der Waals surface area contributed by atoms with Crippen LogP contribution in [0, 0.1) is 0 Å². The first-order chi connectivity index (χ1) is 11.5. The molecule has 0 unspecified atom stereocenters. The van der Waals surface area contributed by atoms with Crippen molar-refractivity contribution in [2.75, 3.05) is 13.2 Å². The Balaban J connectivity index is 1.98. The van der Waals surface area contributed by atoms with E-state index >= 15 is 0 Å². The Hall–Kier alpha value is -2.22. The minimum Gasteiger partial charge on any atom is -0.394 e. The summed E-state index contributed by atoms with van der Waals surface area (Å²) in [6, 6.07) is 13.6. The Bertz CT molecular complexity index is 926. The van der Waals surface area contributed by atoms with Crippen LogP contribution in [-0.2, 0) is 10.0 Å². The van der Waals surface area contributed by atoms with Gasteiger partial charge in [-0.2, -0.15) is 13.5 Å². The Morgan fingerprint density at radius 3 is 2.75 bits per heavy atom. The molecule has 0 spiro atoms. The number of benzene rings is 2. The van der Waals surface area contributed by atoms with Gasteiger partial charge in [-0.1, -0.05) is 35.9 Å². The Kier molecular flexibility index (Phi) is 4.66. The minimum atomic E-state index is -3.74. The zero-order valence-corrected chi connectivity index (χ0v) is 14.1. The fraction of sp³-hybridized carbons (Fsp3) is 0.125. The van der Waals surface area contributed by atoms with Crippen molar-refractivity contribution in [3.63, 3.8) is 0 Å². The van der Waals surface area contributed by atoms with E-state index < -0.39 is 10.0 Å². The third-order valence-electron chi connectivity index (χ3n) is 3.36. The number of aliphatic hydroxyl groups is 1. The molecule has 0 fully saturated rings. The third-order valence-corrected chi connectivity index (χ3v) is 4.92. The van der Waals surface area contributed by atoms with Gasteiger partial charge >= 0.3 is 0 Å². The highest BCUT2D eigenvalue weighted by Crippen LogP contribution is 2.27. The van der Waals surface area contributed by atoms with E-state index in [1.54, 1.807) is 36.4 Å². The average molecular weight is 364 g/mol. The van der Waals surface area contributed by atoms with E-state index in [-0.39, 0.29) is 23.9 Å². The molecule has 1 N–H and O–H groups in total. The third kappa shape index (κ3) is 3.33. The second kappa shape index (κ2) is 6.72. The van der Waals surface area contributed by atoms with Gasteiger partial charge in [-0.15, -0.1) is 4.40 Å². The Labute approximate surface area is 144 Å². The lowest BCUT2D eigenvalue weighted by atomic mass is 10.2. The smallest absolute Gasteiger partial charge is 0.285 e. The molecule has 0 aliphatic carbocycles. The molecular weight excluding hydrogens is 350 g/mol. The van der Waals surface area contributed by atoms with Crippen LogP contribution in [0.25, 0.3) is 0 Å². The number of hydrogen-bond donors (Lipinski definition) is 1. The molecular formula is C16H14ClN3O3S. The summed E-state index contributed by atoms with van der Waals surface area (Å²) in [6.45, 7) is -0.0894. The highest BCUT2D eigenvalue weighted by atomic mass is 35.5. The number of hydrogen-bond acceptors (Lipinski definition) is 5. The van der Waals surface area contributed by atoms with E-state index in [0.29, 0.717) is 10.6 Å². The fourth-order valence-corrected chi connectivity index (χ4v) is 3.72. The Morgan fingerprint density at radius 2 is 2.00 bits per heavy atom. The van der Waals surface area contributed by atoms with Gasteiger partial charge in [0.15, 0.2) is 5.84 Å². The molecule has 6 nitrogen and oxygen atoms in total. The first-order valence-corrected chi connectivity index (χ1v) is 8.95. The van der Waals surface area contributed by atoms with Gasteiger partial charge in [-0.05, 0) is 29.8 Å². The molecule has 1 aliphatic heterocycles. The lowest BCUT2D eigenvalue weighted by Crippen LogP contribution is -2.28. The van der Waals surface area contributed by atoms with Crippen molar-refractivity contribution in [1.29, 1.82) is 0 Å². The number of fused-ring (bicyclic) bond motifs is 1. The maximum Gasteiger partial charge on any atom is 0.285 e.